The van der Waals surface area contributed by atoms with E-state index in [0.717, 1.165) is 24.8 Å². The highest BCUT2D eigenvalue weighted by Gasteiger charge is 2.21. The molecule has 0 saturated carbocycles. The summed E-state index contributed by atoms with van der Waals surface area (Å²) < 4.78 is 16.6. The van der Waals surface area contributed by atoms with Crippen LogP contribution in [0.15, 0.2) is 42.5 Å². The van der Waals surface area contributed by atoms with E-state index < -0.39 is 0 Å². The summed E-state index contributed by atoms with van der Waals surface area (Å²) >= 11 is 0. The van der Waals surface area contributed by atoms with E-state index >= 15 is 0 Å². The standard InChI is InChI=1S/C22H23NO4/c1-25-19-13-15(14-20-22(19)27-12-11-26-20)9-10-21(24)23-18-8-4-6-16-5-2-3-7-17(16)18/h2-3,5,7,9-10,13-14,18H,4,6,8,11-12H2,1H3,(H,23,24)/b10-9+/t18-/m0/s1. The zero-order valence-corrected chi connectivity index (χ0v) is 15.4. The van der Waals surface area contributed by atoms with Crippen molar-refractivity contribution in [2.45, 2.75) is 25.3 Å². The fraction of sp³-hybridized carbons (Fsp3) is 0.318. The van der Waals surface area contributed by atoms with Crippen LogP contribution in [0.5, 0.6) is 17.2 Å². The van der Waals surface area contributed by atoms with E-state index in [1.807, 2.05) is 18.2 Å². The van der Waals surface area contributed by atoms with Crippen molar-refractivity contribution in [2.24, 2.45) is 0 Å². The first-order valence-corrected chi connectivity index (χ1v) is 9.28. The Bertz CT molecular complexity index is 857. The minimum Gasteiger partial charge on any atom is -0.493 e. The Labute approximate surface area is 158 Å². The van der Waals surface area contributed by atoms with Crippen LogP contribution in [0.25, 0.3) is 6.08 Å². The van der Waals surface area contributed by atoms with Crippen LogP contribution in [0.1, 0.15) is 35.6 Å². The fourth-order valence-electron chi connectivity index (χ4n) is 3.69. The van der Waals surface area contributed by atoms with Crippen LogP contribution in [0.4, 0.5) is 0 Å². The van der Waals surface area contributed by atoms with Crippen molar-refractivity contribution in [3.8, 4) is 17.2 Å². The van der Waals surface area contributed by atoms with E-state index in [9.17, 15) is 4.79 Å². The first-order chi connectivity index (χ1) is 13.2. The lowest BCUT2D eigenvalue weighted by atomic mass is 9.88. The van der Waals surface area contributed by atoms with Gasteiger partial charge in [0.05, 0.1) is 13.2 Å². The molecular weight excluding hydrogens is 342 g/mol. The monoisotopic (exact) mass is 365 g/mol. The van der Waals surface area contributed by atoms with Crippen LogP contribution in [-0.2, 0) is 11.2 Å². The largest absolute Gasteiger partial charge is 0.493 e. The molecule has 1 atom stereocenters. The third-order valence-corrected chi connectivity index (χ3v) is 4.96. The Morgan fingerprint density at radius 2 is 2.07 bits per heavy atom. The summed E-state index contributed by atoms with van der Waals surface area (Å²) in [6, 6.07) is 12.1. The average molecular weight is 365 g/mol. The van der Waals surface area contributed by atoms with Gasteiger partial charge in [0.2, 0.25) is 11.7 Å². The molecule has 1 amide bonds. The number of fused-ring (bicyclic) bond motifs is 2. The predicted octanol–water partition coefficient (Wildman–Crippen LogP) is 3.67. The van der Waals surface area contributed by atoms with Crippen molar-refractivity contribution in [1.82, 2.24) is 5.32 Å². The number of rotatable bonds is 4. The van der Waals surface area contributed by atoms with E-state index in [1.165, 1.54) is 11.1 Å². The first-order valence-electron chi connectivity index (χ1n) is 9.28. The fourth-order valence-corrected chi connectivity index (χ4v) is 3.69. The van der Waals surface area contributed by atoms with Crippen molar-refractivity contribution in [2.75, 3.05) is 20.3 Å². The molecule has 0 bridgehead atoms. The van der Waals surface area contributed by atoms with Crippen LogP contribution in [0.3, 0.4) is 0 Å². The number of carbonyl (C=O) groups excluding carboxylic acids is 1. The molecule has 0 fully saturated rings. The summed E-state index contributed by atoms with van der Waals surface area (Å²) in [5.41, 5.74) is 3.39. The van der Waals surface area contributed by atoms with Gasteiger partial charge in [-0.15, -0.1) is 0 Å². The Hall–Kier alpha value is -2.95. The van der Waals surface area contributed by atoms with Gasteiger partial charge in [0.1, 0.15) is 13.2 Å². The maximum atomic E-state index is 12.5. The third-order valence-electron chi connectivity index (χ3n) is 4.96. The topological polar surface area (TPSA) is 56.8 Å². The molecule has 0 saturated heterocycles. The quantitative estimate of drug-likeness (QED) is 0.840. The molecule has 5 nitrogen and oxygen atoms in total. The second-order valence-corrected chi connectivity index (χ2v) is 6.73. The van der Waals surface area contributed by atoms with Gasteiger partial charge in [-0.1, -0.05) is 24.3 Å². The zero-order valence-electron chi connectivity index (χ0n) is 15.4. The van der Waals surface area contributed by atoms with Crippen LogP contribution in [-0.4, -0.2) is 26.2 Å². The van der Waals surface area contributed by atoms with Gasteiger partial charge in [-0.05, 0) is 54.2 Å². The van der Waals surface area contributed by atoms with E-state index in [-0.39, 0.29) is 11.9 Å². The SMILES string of the molecule is COc1cc(/C=C/C(=O)N[C@H]2CCCc3ccccc32)cc2c1OCCO2. The predicted molar refractivity (Wildman–Crippen MR) is 103 cm³/mol. The van der Waals surface area contributed by atoms with Crippen molar-refractivity contribution >= 4 is 12.0 Å². The molecule has 4 rings (SSSR count). The molecule has 2 aliphatic rings. The second-order valence-electron chi connectivity index (χ2n) is 6.73. The van der Waals surface area contributed by atoms with Gasteiger partial charge in [0.25, 0.3) is 0 Å². The number of nitrogens with one attached hydrogen (secondary N) is 1. The molecule has 1 N–H and O–H groups in total. The first kappa shape index (κ1) is 17.5. The Kier molecular flexibility index (Phi) is 5.01. The third kappa shape index (κ3) is 3.77. The Morgan fingerprint density at radius 1 is 1.22 bits per heavy atom. The van der Waals surface area contributed by atoms with Gasteiger partial charge in [-0.3, -0.25) is 4.79 Å². The van der Waals surface area contributed by atoms with Gasteiger partial charge >= 0.3 is 0 Å². The highest BCUT2D eigenvalue weighted by atomic mass is 16.6. The highest BCUT2D eigenvalue weighted by Crippen LogP contribution is 2.40. The zero-order chi connectivity index (χ0) is 18.6. The maximum absolute atomic E-state index is 12.5. The molecule has 0 radical (unpaired) electrons. The minimum atomic E-state index is -0.106. The van der Waals surface area contributed by atoms with Crippen molar-refractivity contribution in [3.63, 3.8) is 0 Å². The molecule has 140 valence electrons. The van der Waals surface area contributed by atoms with Gasteiger partial charge in [0, 0.05) is 6.08 Å². The summed E-state index contributed by atoms with van der Waals surface area (Å²) in [6.45, 7) is 1.01. The summed E-state index contributed by atoms with van der Waals surface area (Å²) in [6.07, 6.45) is 6.46. The lowest BCUT2D eigenvalue weighted by Gasteiger charge is -2.25. The molecular formula is C22H23NO4. The molecule has 27 heavy (non-hydrogen) atoms. The molecule has 0 spiro atoms. The van der Waals surface area contributed by atoms with Crippen LogP contribution in [0, 0.1) is 0 Å². The summed E-state index contributed by atoms with van der Waals surface area (Å²) in [4.78, 5) is 12.5. The number of amides is 1. The number of aryl methyl sites for hydroxylation is 1. The normalized spacial score (nSPS) is 18.0. The number of methoxy groups -OCH3 is 1. The molecule has 1 aliphatic heterocycles. The van der Waals surface area contributed by atoms with Crippen molar-refractivity contribution in [3.05, 3.63) is 59.2 Å². The van der Waals surface area contributed by atoms with Crippen LogP contribution < -0.4 is 19.5 Å². The summed E-state index contributed by atoms with van der Waals surface area (Å²) in [7, 11) is 1.59. The second kappa shape index (κ2) is 7.74. The number of ether oxygens (including phenoxy) is 3. The van der Waals surface area contributed by atoms with Gasteiger partial charge < -0.3 is 19.5 Å². The Balaban J connectivity index is 1.48. The van der Waals surface area contributed by atoms with Gasteiger partial charge in [-0.2, -0.15) is 0 Å². The lowest BCUT2D eigenvalue weighted by Crippen LogP contribution is -2.29. The molecule has 2 aromatic rings. The number of benzene rings is 2. The van der Waals surface area contributed by atoms with Crippen molar-refractivity contribution in [1.29, 1.82) is 0 Å². The maximum Gasteiger partial charge on any atom is 0.244 e. The number of hydrogen-bond donors (Lipinski definition) is 1. The van der Waals surface area contributed by atoms with E-state index in [1.54, 1.807) is 19.3 Å². The smallest absolute Gasteiger partial charge is 0.244 e. The van der Waals surface area contributed by atoms with Gasteiger partial charge in [0.15, 0.2) is 11.5 Å². The number of hydrogen-bond acceptors (Lipinski definition) is 4. The minimum absolute atomic E-state index is 0.0712. The molecule has 1 heterocycles. The molecule has 1 aliphatic carbocycles. The molecule has 5 heteroatoms. The van der Waals surface area contributed by atoms with E-state index in [2.05, 4.69) is 23.5 Å². The number of carbonyl (C=O) groups is 1. The van der Waals surface area contributed by atoms with Crippen molar-refractivity contribution < 1.29 is 19.0 Å². The molecule has 0 unspecified atom stereocenters. The molecule has 0 aromatic heterocycles. The summed E-state index contributed by atoms with van der Waals surface area (Å²) in [5, 5.41) is 3.12. The summed E-state index contributed by atoms with van der Waals surface area (Å²) in [5.74, 6) is 1.75. The highest BCUT2D eigenvalue weighted by molar-refractivity contribution is 5.92. The van der Waals surface area contributed by atoms with Crippen LogP contribution >= 0.6 is 0 Å². The van der Waals surface area contributed by atoms with Crippen LogP contribution in [0.2, 0.25) is 0 Å². The molecule has 2 aromatic carbocycles. The average Bonchev–Trinajstić information content (AvgIpc) is 2.72. The Morgan fingerprint density at radius 3 is 2.96 bits per heavy atom. The van der Waals surface area contributed by atoms with E-state index in [0.29, 0.717) is 30.5 Å². The lowest BCUT2D eigenvalue weighted by molar-refractivity contribution is -0.117. The van der Waals surface area contributed by atoms with Gasteiger partial charge in [-0.25, -0.2) is 0 Å². The van der Waals surface area contributed by atoms with E-state index in [4.69, 9.17) is 14.2 Å².